The predicted molar refractivity (Wildman–Crippen MR) is 102 cm³/mol. The third-order valence-corrected chi connectivity index (χ3v) is 4.24. The van der Waals surface area contributed by atoms with Crippen LogP contribution in [0.15, 0.2) is 79.1 Å². The van der Waals surface area contributed by atoms with Gasteiger partial charge in [0.05, 0.1) is 5.92 Å². The molecule has 1 aromatic heterocycles. The van der Waals surface area contributed by atoms with E-state index in [0.29, 0.717) is 17.7 Å². The zero-order valence-electron chi connectivity index (χ0n) is 14.6. The van der Waals surface area contributed by atoms with E-state index in [1.165, 1.54) is 6.92 Å². The molecule has 3 rings (SSSR count). The highest BCUT2D eigenvalue weighted by molar-refractivity contribution is 5.97. The summed E-state index contributed by atoms with van der Waals surface area (Å²) >= 11 is 0. The average molecular weight is 344 g/mol. The maximum absolute atomic E-state index is 12.9. The molecule has 0 bridgehead atoms. The number of nitrogens with zero attached hydrogens (tertiary/aromatic N) is 1. The topological polar surface area (TPSA) is 59.1 Å². The van der Waals surface area contributed by atoms with Gasteiger partial charge in [-0.3, -0.25) is 14.6 Å². The molecule has 1 unspecified atom stereocenters. The third-order valence-electron chi connectivity index (χ3n) is 4.24. The fourth-order valence-corrected chi connectivity index (χ4v) is 2.82. The fraction of sp³-hybridized carbons (Fsp3) is 0.136. The van der Waals surface area contributed by atoms with E-state index in [0.717, 1.165) is 11.1 Å². The summed E-state index contributed by atoms with van der Waals surface area (Å²) < 4.78 is 0. The molecule has 4 heteroatoms. The minimum Gasteiger partial charge on any atom is -0.326 e. The maximum atomic E-state index is 12.9. The van der Waals surface area contributed by atoms with Gasteiger partial charge in [-0.05, 0) is 54.8 Å². The Bertz CT molecular complexity index is 875. The van der Waals surface area contributed by atoms with Crippen LogP contribution in [-0.2, 0) is 11.2 Å². The van der Waals surface area contributed by atoms with Gasteiger partial charge >= 0.3 is 0 Å². The van der Waals surface area contributed by atoms with E-state index >= 15 is 0 Å². The number of hydrogen-bond donors (Lipinski definition) is 1. The van der Waals surface area contributed by atoms with Gasteiger partial charge in [0.15, 0.2) is 5.78 Å². The number of carbonyl (C=O) groups excluding carboxylic acids is 2. The Labute approximate surface area is 152 Å². The number of benzene rings is 2. The molecule has 1 heterocycles. The van der Waals surface area contributed by atoms with Crippen LogP contribution in [0.1, 0.15) is 34.3 Å². The SMILES string of the molecule is CC(=O)c1ccc(NC(=O)C(Cc2cccnc2)c2ccccc2)cc1. The molecule has 1 amide bonds. The van der Waals surface area contributed by atoms with E-state index < -0.39 is 0 Å². The van der Waals surface area contributed by atoms with Crippen molar-refractivity contribution in [3.63, 3.8) is 0 Å². The van der Waals surface area contributed by atoms with E-state index in [1.54, 1.807) is 36.7 Å². The average Bonchev–Trinajstić information content (AvgIpc) is 2.68. The molecule has 0 aliphatic heterocycles. The highest BCUT2D eigenvalue weighted by Gasteiger charge is 2.21. The number of ketones is 1. The molecular formula is C22H20N2O2. The monoisotopic (exact) mass is 344 g/mol. The van der Waals surface area contributed by atoms with Crippen molar-refractivity contribution in [3.05, 3.63) is 95.8 Å². The van der Waals surface area contributed by atoms with Gasteiger partial charge in [0.1, 0.15) is 0 Å². The number of carbonyl (C=O) groups is 2. The summed E-state index contributed by atoms with van der Waals surface area (Å²) in [6, 6.07) is 20.5. The second-order valence-electron chi connectivity index (χ2n) is 6.15. The Hall–Kier alpha value is -3.27. The number of aromatic nitrogens is 1. The molecule has 4 nitrogen and oxygen atoms in total. The number of rotatable bonds is 6. The Morgan fingerprint density at radius 1 is 0.962 bits per heavy atom. The van der Waals surface area contributed by atoms with Crippen molar-refractivity contribution >= 4 is 17.4 Å². The summed E-state index contributed by atoms with van der Waals surface area (Å²) in [5.41, 5.74) is 3.25. The first kappa shape index (κ1) is 17.5. The van der Waals surface area contributed by atoms with Crippen molar-refractivity contribution in [2.45, 2.75) is 19.3 Å². The third kappa shape index (κ3) is 4.42. The van der Waals surface area contributed by atoms with Crippen molar-refractivity contribution in [1.29, 1.82) is 0 Å². The highest BCUT2D eigenvalue weighted by atomic mass is 16.2. The number of hydrogen-bond acceptors (Lipinski definition) is 3. The molecule has 0 spiro atoms. The lowest BCUT2D eigenvalue weighted by atomic mass is 9.91. The first-order valence-corrected chi connectivity index (χ1v) is 8.49. The largest absolute Gasteiger partial charge is 0.326 e. The molecule has 26 heavy (non-hydrogen) atoms. The van der Waals surface area contributed by atoms with E-state index in [1.807, 2.05) is 42.5 Å². The smallest absolute Gasteiger partial charge is 0.232 e. The number of nitrogens with one attached hydrogen (secondary N) is 1. The van der Waals surface area contributed by atoms with E-state index in [2.05, 4.69) is 10.3 Å². The van der Waals surface area contributed by atoms with E-state index in [9.17, 15) is 9.59 Å². The van der Waals surface area contributed by atoms with Crippen LogP contribution in [0.2, 0.25) is 0 Å². The van der Waals surface area contributed by atoms with Crippen LogP contribution in [0.4, 0.5) is 5.69 Å². The summed E-state index contributed by atoms with van der Waals surface area (Å²) in [4.78, 5) is 28.5. The summed E-state index contributed by atoms with van der Waals surface area (Å²) in [5, 5.41) is 2.96. The van der Waals surface area contributed by atoms with Crippen molar-refractivity contribution in [3.8, 4) is 0 Å². The van der Waals surface area contributed by atoms with Gasteiger partial charge in [0.25, 0.3) is 0 Å². The Morgan fingerprint density at radius 2 is 1.69 bits per heavy atom. The van der Waals surface area contributed by atoms with Gasteiger partial charge in [0, 0.05) is 23.6 Å². The summed E-state index contributed by atoms with van der Waals surface area (Å²) in [7, 11) is 0. The Balaban J connectivity index is 1.81. The minimum atomic E-state index is -0.326. The lowest BCUT2D eigenvalue weighted by Gasteiger charge is -2.17. The summed E-state index contributed by atoms with van der Waals surface area (Å²) in [6.07, 6.45) is 4.07. The molecule has 2 aromatic carbocycles. The van der Waals surface area contributed by atoms with E-state index in [-0.39, 0.29) is 17.6 Å². The Kier molecular flexibility index (Phi) is 5.54. The van der Waals surface area contributed by atoms with Crippen molar-refractivity contribution < 1.29 is 9.59 Å². The van der Waals surface area contributed by atoms with Gasteiger partial charge in [-0.25, -0.2) is 0 Å². The molecule has 1 atom stereocenters. The Morgan fingerprint density at radius 3 is 2.31 bits per heavy atom. The first-order valence-electron chi connectivity index (χ1n) is 8.49. The van der Waals surface area contributed by atoms with Gasteiger partial charge in [-0.15, -0.1) is 0 Å². The molecule has 0 fully saturated rings. The molecule has 1 N–H and O–H groups in total. The van der Waals surface area contributed by atoms with Gasteiger partial charge in [-0.1, -0.05) is 36.4 Å². The van der Waals surface area contributed by atoms with Crippen LogP contribution in [-0.4, -0.2) is 16.7 Å². The zero-order chi connectivity index (χ0) is 18.4. The first-order chi connectivity index (χ1) is 12.6. The molecule has 0 saturated heterocycles. The van der Waals surface area contributed by atoms with Gasteiger partial charge < -0.3 is 5.32 Å². The molecule has 0 aliphatic carbocycles. The molecule has 0 saturated carbocycles. The molecule has 3 aromatic rings. The molecule has 0 aliphatic rings. The maximum Gasteiger partial charge on any atom is 0.232 e. The number of Topliss-reactive ketones (excluding diaryl/α,β-unsaturated/α-hetero) is 1. The van der Waals surface area contributed by atoms with E-state index in [4.69, 9.17) is 0 Å². The zero-order valence-corrected chi connectivity index (χ0v) is 14.6. The summed E-state index contributed by atoms with van der Waals surface area (Å²) in [5.74, 6) is -0.412. The molecular weight excluding hydrogens is 324 g/mol. The van der Waals surface area contributed by atoms with Gasteiger partial charge in [-0.2, -0.15) is 0 Å². The number of amides is 1. The van der Waals surface area contributed by atoms with Crippen LogP contribution in [0, 0.1) is 0 Å². The number of pyridine rings is 1. The quantitative estimate of drug-likeness (QED) is 0.680. The fourth-order valence-electron chi connectivity index (χ4n) is 2.82. The minimum absolute atomic E-state index is 0.00150. The number of anilines is 1. The highest BCUT2D eigenvalue weighted by Crippen LogP contribution is 2.23. The van der Waals surface area contributed by atoms with Crippen molar-refractivity contribution in [2.75, 3.05) is 5.32 Å². The van der Waals surface area contributed by atoms with Crippen LogP contribution >= 0.6 is 0 Å². The van der Waals surface area contributed by atoms with Crippen LogP contribution in [0.25, 0.3) is 0 Å². The second-order valence-corrected chi connectivity index (χ2v) is 6.15. The van der Waals surface area contributed by atoms with Crippen molar-refractivity contribution in [2.24, 2.45) is 0 Å². The van der Waals surface area contributed by atoms with Crippen LogP contribution in [0.3, 0.4) is 0 Å². The molecule has 0 radical (unpaired) electrons. The van der Waals surface area contributed by atoms with Crippen molar-refractivity contribution in [1.82, 2.24) is 4.98 Å². The second kappa shape index (κ2) is 8.21. The van der Waals surface area contributed by atoms with Crippen LogP contribution in [0.5, 0.6) is 0 Å². The van der Waals surface area contributed by atoms with Crippen LogP contribution < -0.4 is 5.32 Å². The predicted octanol–water partition coefficient (Wildman–Crippen LogP) is 4.25. The standard InChI is InChI=1S/C22H20N2O2/c1-16(25)18-9-11-20(12-10-18)24-22(26)21(19-7-3-2-4-8-19)14-17-6-5-13-23-15-17/h2-13,15,21H,14H2,1H3,(H,24,26). The lowest BCUT2D eigenvalue weighted by molar-refractivity contribution is -0.117. The van der Waals surface area contributed by atoms with Gasteiger partial charge in [0.2, 0.25) is 5.91 Å². The normalized spacial score (nSPS) is 11.6. The summed E-state index contributed by atoms with van der Waals surface area (Å²) in [6.45, 7) is 1.52. The lowest BCUT2D eigenvalue weighted by Crippen LogP contribution is -2.23. The molecule has 130 valence electrons.